The first-order valence-corrected chi connectivity index (χ1v) is 12.1. The highest BCUT2D eigenvalue weighted by Crippen LogP contribution is 2.24. The lowest BCUT2D eigenvalue weighted by molar-refractivity contribution is -0.132. The van der Waals surface area contributed by atoms with E-state index in [1.54, 1.807) is 35.0 Å². The summed E-state index contributed by atoms with van der Waals surface area (Å²) in [6.07, 6.45) is 5.17. The second-order valence-corrected chi connectivity index (χ2v) is 8.85. The van der Waals surface area contributed by atoms with E-state index in [9.17, 15) is 14.0 Å². The fourth-order valence-electron chi connectivity index (χ4n) is 4.15. The molecule has 0 atom stereocenters. The van der Waals surface area contributed by atoms with E-state index in [2.05, 4.69) is 10.2 Å². The van der Waals surface area contributed by atoms with Gasteiger partial charge in [-0.3, -0.25) is 14.7 Å². The number of aromatic amines is 1. The molecular formula is C27H31FN4O3. The Morgan fingerprint density at radius 2 is 1.97 bits per heavy atom. The first-order valence-electron chi connectivity index (χ1n) is 12.1. The maximum atomic E-state index is 13.4. The number of H-pyrrole nitrogens is 1. The molecule has 35 heavy (non-hydrogen) atoms. The van der Waals surface area contributed by atoms with Crippen LogP contribution < -0.4 is 9.64 Å². The van der Waals surface area contributed by atoms with Crippen molar-refractivity contribution in [1.29, 1.82) is 0 Å². The number of anilines is 1. The number of hydrogen-bond acceptors (Lipinski definition) is 4. The quantitative estimate of drug-likeness (QED) is 0.409. The number of amides is 2. The second-order valence-electron chi connectivity index (χ2n) is 8.85. The average Bonchev–Trinajstić information content (AvgIpc) is 3.51. The Morgan fingerprint density at radius 3 is 2.71 bits per heavy atom. The van der Waals surface area contributed by atoms with E-state index in [1.165, 1.54) is 12.1 Å². The van der Waals surface area contributed by atoms with Crippen LogP contribution in [0, 0.1) is 5.82 Å². The minimum Gasteiger partial charge on any atom is -0.484 e. The zero-order chi connectivity index (χ0) is 24.6. The Morgan fingerprint density at radius 1 is 1.14 bits per heavy atom. The minimum absolute atomic E-state index is 0.0184. The average molecular weight is 479 g/mol. The highest BCUT2D eigenvalue weighted by molar-refractivity contribution is 5.95. The maximum Gasteiger partial charge on any atom is 0.260 e. The number of aromatic nitrogens is 2. The van der Waals surface area contributed by atoms with Gasteiger partial charge in [0.05, 0.1) is 5.69 Å². The van der Waals surface area contributed by atoms with Gasteiger partial charge in [-0.15, -0.1) is 0 Å². The minimum atomic E-state index is -0.274. The van der Waals surface area contributed by atoms with Gasteiger partial charge in [-0.05, 0) is 68.1 Å². The van der Waals surface area contributed by atoms with Crippen molar-refractivity contribution in [3.8, 4) is 17.0 Å². The summed E-state index contributed by atoms with van der Waals surface area (Å²) in [6.45, 7) is 1.39. The third-order valence-electron chi connectivity index (χ3n) is 6.20. The largest absolute Gasteiger partial charge is 0.484 e. The highest BCUT2D eigenvalue weighted by Gasteiger charge is 2.21. The Hall–Kier alpha value is -3.68. The number of hydrogen-bond donors (Lipinski definition) is 1. The van der Waals surface area contributed by atoms with Gasteiger partial charge in [0.15, 0.2) is 6.61 Å². The van der Waals surface area contributed by atoms with Gasteiger partial charge in [-0.2, -0.15) is 5.10 Å². The number of halogens is 1. The van der Waals surface area contributed by atoms with Crippen LogP contribution in [-0.4, -0.2) is 53.7 Å². The van der Waals surface area contributed by atoms with Crippen LogP contribution in [0.4, 0.5) is 10.1 Å². The molecule has 0 bridgehead atoms. The van der Waals surface area contributed by atoms with Crippen LogP contribution in [0.15, 0.2) is 54.6 Å². The van der Waals surface area contributed by atoms with Crippen molar-refractivity contribution in [3.63, 3.8) is 0 Å². The summed E-state index contributed by atoms with van der Waals surface area (Å²) in [7, 11) is 1.79. The van der Waals surface area contributed by atoms with Crippen molar-refractivity contribution in [2.75, 3.05) is 31.6 Å². The number of likely N-dealkylation sites (N-methyl/N-ethyl adjacent to an activating group) is 1. The molecule has 0 spiro atoms. The molecule has 1 aromatic heterocycles. The first-order chi connectivity index (χ1) is 17.0. The molecule has 4 rings (SSSR count). The van der Waals surface area contributed by atoms with Crippen molar-refractivity contribution in [1.82, 2.24) is 15.1 Å². The van der Waals surface area contributed by atoms with Crippen LogP contribution in [-0.2, 0) is 16.0 Å². The molecular weight excluding hydrogens is 447 g/mol. The van der Waals surface area contributed by atoms with E-state index in [1.807, 2.05) is 24.3 Å². The van der Waals surface area contributed by atoms with Gasteiger partial charge in [0.1, 0.15) is 11.6 Å². The molecule has 1 fully saturated rings. The van der Waals surface area contributed by atoms with Gasteiger partial charge in [-0.25, -0.2) is 4.39 Å². The molecule has 0 radical (unpaired) electrons. The molecule has 3 aromatic rings. The second kappa shape index (κ2) is 11.6. The topological polar surface area (TPSA) is 78.5 Å². The number of benzene rings is 2. The summed E-state index contributed by atoms with van der Waals surface area (Å²) < 4.78 is 19.0. The molecule has 2 aromatic carbocycles. The Bertz CT molecular complexity index is 1150. The Labute approximate surface area is 204 Å². The number of unbranched alkanes of at least 4 members (excludes halogenated alkanes) is 2. The fraction of sp³-hybridized carbons (Fsp3) is 0.370. The molecule has 184 valence electrons. The summed E-state index contributed by atoms with van der Waals surface area (Å²) in [5, 5.41) is 7.30. The predicted octanol–water partition coefficient (Wildman–Crippen LogP) is 4.59. The number of rotatable bonds is 11. The molecule has 0 aliphatic carbocycles. The smallest absolute Gasteiger partial charge is 0.260 e. The molecule has 0 saturated carbocycles. The van der Waals surface area contributed by atoms with Crippen molar-refractivity contribution in [3.05, 3.63) is 66.1 Å². The van der Waals surface area contributed by atoms with E-state index >= 15 is 0 Å². The monoisotopic (exact) mass is 478 g/mol. The Kier molecular flexibility index (Phi) is 8.13. The third-order valence-corrected chi connectivity index (χ3v) is 6.20. The van der Waals surface area contributed by atoms with E-state index in [4.69, 9.17) is 4.74 Å². The number of aryl methyl sites for hydroxylation is 1. The van der Waals surface area contributed by atoms with Crippen molar-refractivity contribution >= 4 is 17.5 Å². The zero-order valence-corrected chi connectivity index (χ0v) is 20.0. The van der Waals surface area contributed by atoms with Gasteiger partial charge in [0.2, 0.25) is 5.91 Å². The number of nitrogens with one attached hydrogen (secondary N) is 1. The van der Waals surface area contributed by atoms with Crippen molar-refractivity contribution in [2.45, 2.75) is 38.5 Å². The zero-order valence-electron chi connectivity index (χ0n) is 20.0. The highest BCUT2D eigenvalue weighted by atomic mass is 19.1. The lowest BCUT2D eigenvalue weighted by atomic mass is 10.1. The maximum absolute atomic E-state index is 13.4. The van der Waals surface area contributed by atoms with Gasteiger partial charge in [-0.1, -0.05) is 18.6 Å². The van der Waals surface area contributed by atoms with Gasteiger partial charge in [0, 0.05) is 43.5 Å². The predicted molar refractivity (Wildman–Crippen MR) is 133 cm³/mol. The summed E-state index contributed by atoms with van der Waals surface area (Å²) in [6, 6.07) is 15.7. The summed E-state index contributed by atoms with van der Waals surface area (Å²) in [4.78, 5) is 27.7. The molecule has 1 saturated heterocycles. The Balaban J connectivity index is 1.12. The first kappa shape index (κ1) is 24.4. The normalized spacial score (nSPS) is 13.3. The number of carbonyl (C=O) groups is 2. The van der Waals surface area contributed by atoms with E-state index < -0.39 is 0 Å². The van der Waals surface area contributed by atoms with Crippen LogP contribution in [0.3, 0.4) is 0 Å². The van der Waals surface area contributed by atoms with Gasteiger partial charge < -0.3 is 14.5 Å². The summed E-state index contributed by atoms with van der Waals surface area (Å²) in [5.74, 6) is 0.411. The van der Waals surface area contributed by atoms with E-state index in [-0.39, 0.29) is 24.2 Å². The molecule has 0 unspecified atom stereocenters. The fourth-order valence-corrected chi connectivity index (χ4v) is 4.15. The standard InChI is InChI=1S/C27H31FN4O3/c1-31(27(34)19-35-24-13-11-23(12-14-24)32-16-6-10-26(32)33)15-4-2-3-9-22-18-25(30-29-22)20-7-5-8-21(28)17-20/h5,7-8,11-14,17-18H,2-4,6,9-10,15-16,19H2,1H3,(H,29,30). The lowest BCUT2D eigenvalue weighted by Crippen LogP contribution is -2.32. The SMILES string of the molecule is CN(CCCCCc1cc(-c2cccc(F)c2)n[nH]1)C(=O)COc1ccc(N2CCCC2=O)cc1. The van der Waals surface area contributed by atoms with Crippen molar-refractivity contribution < 1.29 is 18.7 Å². The van der Waals surface area contributed by atoms with Crippen molar-refractivity contribution in [2.24, 2.45) is 0 Å². The van der Waals surface area contributed by atoms with Crippen LogP contribution in [0.25, 0.3) is 11.3 Å². The number of nitrogens with zero attached hydrogens (tertiary/aromatic N) is 3. The van der Waals surface area contributed by atoms with Gasteiger partial charge in [0.25, 0.3) is 5.91 Å². The number of carbonyl (C=O) groups excluding carboxylic acids is 2. The van der Waals surface area contributed by atoms with E-state index in [0.717, 1.165) is 61.3 Å². The summed E-state index contributed by atoms with van der Waals surface area (Å²) >= 11 is 0. The molecule has 7 nitrogen and oxygen atoms in total. The molecule has 8 heteroatoms. The van der Waals surface area contributed by atoms with Crippen LogP contribution in [0.2, 0.25) is 0 Å². The van der Waals surface area contributed by atoms with Crippen LogP contribution in [0.1, 0.15) is 37.8 Å². The third kappa shape index (κ3) is 6.68. The summed E-state index contributed by atoms with van der Waals surface area (Å²) in [5.41, 5.74) is 3.38. The molecule has 2 amide bonds. The van der Waals surface area contributed by atoms with E-state index in [0.29, 0.717) is 18.7 Å². The van der Waals surface area contributed by atoms with Crippen LogP contribution in [0.5, 0.6) is 5.75 Å². The molecule has 1 aliphatic rings. The molecule has 1 aliphatic heterocycles. The van der Waals surface area contributed by atoms with Crippen LogP contribution >= 0.6 is 0 Å². The lowest BCUT2D eigenvalue weighted by Gasteiger charge is -2.18. The molecule has 2 heterocycles. The molecule has 1 N–H and O–H groups in total. The number of ether oxygens (including phenoxy) is 1. The van der Waals surface area contributed by atoms with Gasteiger partial charge >= 0.3 is 0 Å².